The fourth-order valence-corrected chi connectivity index (χ4v) is 1.71. The maximum atomic E-state index is 10.6. The first kappa shape index (κ1) is 21.6. The second-order valence-corrected chi connectivity index (χ2v) is 4.64. The molecule has 9 heteroatoms. The van der Waals surface area contributed by atoms with Crippen LogP contribution in [0, 0.1) is 0 Å². The number of hydrogen-bond acceptors (Lipinski definition) is 6. The molecule has 0 spiro atoms. The Bertz CT molecular complexity index is 608. The second kappa shape index (κ2) is 11.2. The number of carbonyl (C=O) groups excluding carboxylic acids is 2. The monoisotopic (exact) mass is 366 g/mol. The van der Waals surface area contributed by atoms with E-state index in [0.717, 1.165) is 0 Å². The molecule has 2 rings (SSSR count). The van der Waals surface area contributed by atoms with Crippen LogP contribution in [-0.4, -0.2) is 35.0 Å². The van der Waals surface area contributed by atoms with Gasteiger partial charge in [0.25, 0.3) is 0 Å². The average molecular weight is 367 g/mol. The molecular formula is C14H8Cl2MgO6. The minimum absolute atomic E-state index is 0. The van der Waals surface area contributed by atoms with E-state index >= 15 is 0 Å². The molecule has 2 aromatic carbocycles. The zero-order chi connectivity index (χ0) is 16.5. The molecule has 116 valence electrons. The van der Waals surface area contributed by atoms with Crippen LogP contribution in [0.15, 0.2) is 48.5 Å². The van der Waals surface area contributed by atoms with E-state index in [1.165, 1.54) is 24.3 Å². The van der Waals surface area contributed by atoms with Crippen molar-refractivity contribution in [2.75, 3.05) is 0 Å². The third-order valence-electron chi connectivity index (χ3n) is 2.27. The van der Waals surface area contributed by atoms with Crippen molar-refractivity contribution in [1.29, 1.82) is 0 Å². The van der Waals surface area contributed by atoms with Gasteiger partial charge in [0, 0.05) is 10.0 Å². The van der Waals surface area contributed by atoms with Crippen LogP contribution in [0.25, 0.3) is 0 Å². The van der Waals surface area contributed by atoms with Gasteiger partial charge in [0.05, 0.1) is 11.1 Å². The first-order chi connectivity index (χ1) is 10.5. The van der Waals surface area contributed by atoms with Gasteiger partial charge in [-0.2, -0.15) is 0 Å². The molecular weight excluding hydrogens is 359 g/mol. The van der Waals surface area contributed by atoms with E-state index in [9.17, 15) is 20.1 Å². The molecule has 2 aromatic rings. The number of benzene rings is 2. The van der Waals surface area contributed by atoms with Crippen molar-refractivity contribution in [3.63, 3.8) is 0 Å². The Labute approximate surface area is 157 Å². The zero-order valence-electron chi connectivity index (χ0n) is 11.5. The van der Waals surface area contributed by atoms with Crippen LogP contribution in [0.2, 0.25) is 10.0 Å². The summed E-state index contributed by atoms with van der Waals surface area (Å²) in [7, 11) is 0. The number of carbonyl (C=O) groups is 2. The molecule has 0 atom stereocenters. The molecule has 0 unspecified atom stereocenters. The Morgan fingerprint density at radius 2 is 1.13 bits per heavy atom. The maximum absolute atomic E-state index is 10.6. The summed E-state index contributed by atoms with van der Waals surface area (Å²) in [6.07, 6.45) is 0. The average Bonchev–Trinajstić information content (AvgIpc) is 2.54. The number of halogens is 2. The van der Waals surface area contributed by atoms with Crippen molar-refractivity contribution in [2.45, 2.75) is 0 Å². The standard InChI is InChI=1S/2C7H5ClO3.Mg/c2*8-6-3-1-2-5(4-6)7(9)11-10;/h2*1-4,10H;/q;;+2/p-2. The van der Waals surface area contributed by atoms with E-state index in [1.807, 2.05) is 0 Å². The molecule has 0 fully saturated rings. The summed E-state index contributed by atoms with van der Waals surface area (Å²) in [6.45, 7) is 0. The van der Waals surface area contributed by atoms with E-state index in [1.54, 1.807) is 24.3 Å². The molecule has 0 N–H and O–H groups in total. The van der Waals surface area contributed by atoms with Gasteiger partial charge < -0.3 is 20.3 Å². The van der Waals surface area contributed by atoms with E-state index < -0.39 is 11.9 Å². The Balaban J connectivity index is 0.000000403. The largest absolute Gasteiger partial charge is 2.00 e. The number of rotatable bonds is 2. The predicted molar refractivity (Wildman–Crippen MR) is 79.5 cm³/mol. The van der Waals surface area contributed by atoms with Crippen LogP contribution in [0.4, 0.5) is 0 Å². The molecule has 6 nitrogen and oxygen atoms in total. The SMILES string of the molecule is O=C(O[O-])c1cccc(Cl)c1.O=C(O[O-])c1cccc(Cl)c1.[Mg+2]. The van der Waals surface area contributed by atoms with E-state index in [4.69, 9.17) is 23.2 Å². The molecule has 0 aliphatic rings. The Morgan fingerprint density at radius 1 is 0.783 bits per heavy atom. The summed E-state index contributed by atoms with van der Waals surface area (Å²) in [4.78, 5) is 27.6. The first-order valence-corrected chi connectivity index (χ1v) is 6.43. The minimum atomic E-state index is -0.924. The second-order valence-electron chi connectivity index (χ2n) is 3.76. The Hall–Kier alpha value is -1.35. The van der Waals surface area contributed by atoms with E-state index in [0.29, 0.717) is 10.0 Å². The van der Waals surface area contributed by atoms with Crippen molar-refractivity contribution < 1.29 is 29.9 Å². The molecule has 0 saturated carbocycles. The van der Waals surface area contributed by atoms with Gasteiger partial charge in [-0.1, -0.05) is 35.3 Å². The third-order valence-corrected chi connectivity index (χ3v) is 2.74. The van der Waals surface area contributed by atoms with Crippen LogP contribution in [0.1, 0.15) is 20.7 Å². The fourth-order valence-electron chi connectivity index (χ4n) is 1.33. The molecule has 0 aromatic heterocycles. The van der Waals surface area contributed by atoms with Gasteiger partial charge in [0.1, 0.15) is 0 Å². The molecule has 0 aliphatic carbocycles. The maximum Gasteiger partial charge on any atom is 2.00 e. The topological polar surface area (TPSA) is 98.7 Å². The van der Waals surface area contributed by atoms with Crippen molar-refractivity contribution in [3.8, 4) is 0 Å². The molecule has 0 aliphatic heterocycles. The Kier molecular flexibility index (Phi) is 10.6. The molecule has 0 amide bonds. The van der Waals surface area contributed by atoms with Crippen LogP contribution < -0.4 is 10.5 Å². The number of hydrogen-bond donors (Lipinski definition) is 0. The first-order valence-electron chi connectivity index (χ1n) is 5.67. The molecule has 23 heavy (non-hydrogen) atoms. The van der Waals surface area contributed by atoms with Crippen molar-refractivity contribution in [3.05, 3.63) is 69.7 Å². The van der Waals surface area contributed by atoms with Crippen LogP contribution >= 0.6 is 23.2 Å². The zero-order valence-corrected chi connectivity index (χ0v) is 14.5. The summed E-state index contributed by atoms with van der Waals surface area (Å²) in [5, 5.41) is 20.1. The van der Waals surface area contributed by atoms with Gasteiger partial charge in [-0.25, -0.2) is 9.59 Å². The summed E-state index contributed by atoms with van der Waals surface area (Å²) < 4.78 is 0. The van der Waals surface area contributed by atoms with Crippen molar-refractivity contribution in [2.24, 2.45) is 0 Å². The predicted octanol–water partition coefficient (Wildman–Crippen LogP) is 1.16. The summed E-state index contributed by atoms with van der Waals surface area (Å²) in [5.41, 5.74) is 0.319. The minimum Gasteiger partial charge on any atom is -0.661 e. The van der Waals surface area contributed by atoms with Crippen molar-refractivity contribution in [1.82, 2.24) is 0 Å². The van der Waals surface area contributed by atoms with Gasteiger partial charge in [-0.3, -0.25) is 0 Å². The van der Waals surface area contributed by atoms with Gasteiger partial charge in [-0.05, 0) is 36.4 Å². The summed E-state index contributed by atoms with van der Waals surface area (Å²) in [6, 6.07) is 12.0. The van der Waals surface area contributed by atoms with Gasteiger partial charge >= 0.3 is 35.0 Å². The molecule has 0 radical (unpaired) electrons. The smallest absolute Gasteiger partial charge is 0.661 e. The van der Waals surface area contributed by atoms with Gasteiger partial charge in [0.2, 0.25) is 0 Å². The van der Waals surface area contributed by atoms with E-state index in [2.05, 4.69) is 9.78 Å². The molecule has 0 saturated heterocycles. The molecule has 0 heterocycles. The quantitative estimate of drug-likeness (QED) is 0.449. The van der Waals surface area contributed by atoms with Crippen molar-refractivity contribution >= 4 is 58.2 Å². The van der Waals surface area contributed by atoms with Crippen LogP contribution in [-0.2, 0) is 9.78 Å². The summed E-state index contributed by atoms with van der Waals surface area (Å²) >= 11 is 11.1. The molecule has 0 bridgehead atoms. The van der Waals surface area contributed by atoms with Gasteiger partial charge in [-0.15, -0.1) is 0 Å². The van der Waals surface area contributed by atoms with Crippen LogP contribution in [0.5, 0.6) is 0 Å². The third kappa shape index (κ3) is 7.64. The van der Waals surface area contributed by atoms with E-state index in [-0.39, 0.29) is 34.2 Å². The summed E-state index contributed by atoms with van der Waals surface area (Å²) in [5.74, 6) is -1.85. The fraction of sp³-hybridized carbons (Fsp3) is 0. The Morgan fingerprint density at radius 3 is 1.39 bits per heavy atom. The normalized spacial score (nSPS) is 8.87. The van der Waals surface area contributed by atoms with Gasteiger partial charge in [0.15, 0.2) is 0 Å². The van der Waals surface area contributed by atoms with Crippen LogP contribution in [0.3, 0.4) is 0 Å².